The van der Waals surface area contributed by atoms with Crippen molar-refractivity contribution >= 4 is 45.2 Å². The van der Waals surface area contributed by atoms with Crippen molar-refractivity contribution < 1.29 is 17.9 Å². The topological polar surface area (TPSA) is 90.3 Å². The summed E-state index contributed by atoms with van der Waals surface area (Å²) in [6.45, 7) is 4.69. The molecule has 1 heterocycles. The minimum atomic E-state index is -4.00. The van der Waals surface area contributed by atoms with Gasteiger partial charge in [-0.15, -0.1) is 0 Å². The zero-order valence-corrected chi connectivity index (χ0v) is 23.0. The van der Waals surface area contributed by atoms with Gasteiger partial charge in [-0.2, -0.15) is 0 Å². The van der Waals surface area contributed by atoms with E-state index in [0.717, 1.165) is 23.0 Å². The van der Waals surface area contributed by atoms with Crippen molar-refractivity contribution in [3.05, 3.63) is 81.4 Å². The Hall–Kier alpha value is -2.81. The molecule has 1 aliphatic carbocycles. The van der Waals surface area contributed by atoms with Gasteiger partial charge < -0.3 is 9.30 Å². The van der Waals surface area contributed by atoms with Gasteiger partial charge in [-0.1, -0.05) is 59.8 Å². The zero-order valence-electron chi connectivity index (χ0n) is 20.7. The molecule has 1 amide bonds. The number of nitrogens with zero attached hydrogens (tertiary/aromatic N) is 2. The van der Waals surface area contributed by atoms with Crippen molar-refractivity contribution in [1.82, 2.24) is 14.3 Å². The predicted molar refractivity (Wildman–Crippen MR) is 146 cm³/mol. The first-order valence-electron chi connectivity index (χ1n) is 12.1. The van der Waals surface area contributed by atoms with E-state index < -0.39 is 15.9 Å². The van der Waals surface area contributed by atoms with E-state index in [1.807, 2.05) is 23.8 Å². The van der Waals surface area contributed by atoms with Gasteiger partial charge in [-0.3, -0.25) is 4.79 Å². The second kappa shape index (κ2) is 11.7. The third-order valence-corrected chi connectivity index (χ3v) is 8.42. The second-order valence-electron chi connectivity index (χ2n) is 9.25. The molecule has 37 heavy (non-hydrogen) atoms. The number of sulfonamides is 1. The minimum absolute atomic E-state index is 0.00378. The maximum Gasteiger partial charge on any atom is 0.264 e. The molecule has 0 aliphatic heterocycles. The van der Waals surface area contributed by atoms with Crippen LogP contribution in [0, 0.1) is 19.8 Å². The molecule has 196 valence electrons. The first-order valence-corrected chi connectivity index (χ1v) is 14.3. The number of nitrogens with one attached hydrogen (secondary N) is 1. The molecule has 0 unspecified atom stereocenters. The number of carbonyl (C=O) groups excluding carboxylic acids is 1. The molecular weight excluding hydrogens is 533 g/mol. The number of halogens is 2. The van der Waals surface area contributed by atoms with Crippen molar-refractivity contribution in [2.24, 2.45) is 5.92 Å². The van der Waals surface area contributed by atoms with E-state index in [0.29, 0.717) is 35.6 Å². The monoisotopic (exact) mass is 561 g/mol. The van der Waals surface area contributed by atoms with E-state index in [9.17, 15) is 13.2 Å². The third kappa shape index (κ3) is 6.94. The minimum Gasteiger partial charge on any atom is -0.493 e. The first kappa shape index (κ1) is 27.2. The number of imidazole rings is 1. The highest BCUT2D eigenvalue weighted by Gasteiger charge is 2.18. The van der Waals surface area contributed by atoms with Crippen LogP contribution in [0.2, 0.25) is 10.2 Å². The lowest BCUT2D eigenvalue weighted by Gasteiger charge is -2.14. The standard InChI is InChI=1S/C27H29Cl2N3O4S/c1-18-7-11-23(12-8-18)37(34,35)31-26(33)14-13-25-27(29)30-19(2)32(25)16-21-9-10-22(15-24(21)28)36-17-20-5-3-4-6-20/h7-15,20H,3-6,16-17H2,1-2H3,(H,31,33)/b14-13+. The van der Waals surface area contributed by atoms with Crippen LogP contribution in [0.15, 0.2) is 53.4 Å². The lowest BCUT2D eigenvalue weighted by atomic mass is 10.1. The second-order valence-corrected chi connectivity index (χ2v) is 11.7. The Balaban J connectivity index is 1.46. The molecule has 10 heteroatoms. The van der Waals surface area contributed by atoms with Crippen molar-refractivity contribution in [2.45, 2.75) is 51.0 Å². The van der Waals surface area contributed by atoms with Gasteiger partial charge in [0.05, 0.1) is 23.7 Å². The fourth-order valence-electron chi connectivity index (χ4n) is 4.31. The average Bonchev–Trinajstić information content (AvgIpc) is 3.45. The maximum absolute atomic E-state index is 12.5. The molecule has 1 N–H and O–H groups in total. The zero-order chi connectivity index (χ0) is 26.6. The number of hydrogen-bond donors (Lipinski definition) is 1. The molecule has 1 fully saturated rings. The Kier molecular flexibility index (Phi) is 8.62. The molecule has 1 saturated carbocycles. The van der Waals surface area contributed by atoms with Crippen molar-refractivity contribution in [2.75, 3.05) is 6.61 Å². The van der Waals surface area contributed by atoms with Gasteiger partial charge in [0.1, 0.15) is 11.6 Å². The summed E-state index contributed by atoms with van der Waals surface area (Å²) in [5, 5.41) is 0.737. The predicted octanol–water partition coefficient (Wildman–Crippen LogP) is 5.94. The summed E-state index contributed by atoms with van der Waals surface area (Å²) in [7, 11) is -4.00. The van der Waals surface area contributed by atoms with E-state index in [4.69, 9.17) is 27.9 Å². The fraction of sp³-hybridized carbons (Fsp3) is 0.333. The highest BCUT2D eigenvalue weighted by molar-refractivity contribution is 7.90. The van der Waals surface area contributed by atoms with Crippen LogP contribution in [0.5, 0.6) is 5.75 Å². The Bertz CT molecular complexity index is 1410. The van der Waals surface area contributed by atoms with E-state index in [2.05, 4.69) is 4.98 Å². The summed E-state index contributed by atoms with van der Waals surface area (Å²) >= 11 is 12.9. The number of aryl methyl sites for hydroxylation is 2. The average molecular weight is 563 g/mol. The molecular formula is C27H29Cl2N3O4S. The van der Waals surface area contributed by atoms with E-state index in [1.165, 1.54) is 43.9 Å². The van der Waals surface area contributed by atoms with Crippen molar-refractivity contribution in [1.29, 1.82) is 0 Å². The van der Waals surface area contributed by atoms with Crippen molar-refractivity contribution in [3.8, 4) is 5.75 Å². The Morgan fingerprint density at radius 2 is 1.84 bits per heavy atom. The third-order valence-electron chi connectivity index (χ3n) is 6.43. The lowest BCUT2D eigenvalue weighted by molar-refractivity contribution is -0.114. The molecule has 0 bridgehead atoms. The van der Waals surface area contributed by atoms with Crippen LogP contribution in [-0.2, 0) is 21.4 Å². The molecule has 1 aliphatic rings. The number of rotatable bonds is 9. The molecule has 0 spiro atoms. The Morgan fingerprint density at radius 1 is 1.14 bits per heavy atom. The molecule has 4 rings (SSSR count). The van der Waals surface area contributed by atoms with Crippen LogP contribution < -0.4 is 9.46 Å². The van der Waals surface area contributed by atoms with E-state index >= 15 is 0 Å². The van der Waals surface area contributed by atoms with Gasteiger partial charge in [0.15, 0.2) is 5.15 Å². The highest BCUT2D eigenvalue weighted by atomic mass is 35.5. The molecule has 0 radical (unpaired) electrons. The number of carbonyl (C=O) groups is 1. The molecule has 0 atom stereocenters. The fourth-order valence-corrected chi connectivity index (χ4v) is 5.77. The first-order chi connectivity index (χ1) is 17.6. The number of hydrogen-bond acceptors (Lipinski definition) is 5. The molecule has 1 aromatic heterocycles. The lowest BCUT2D eigenvalue weighted by Crippen LogP contribution is -2.29. The summed E-state index contributed by atoms with van der Waals surface area (Å²) < 4.78 is 34.8. The maximum atomic E-state index is 12.5. The van der Waals surface area contributed by atoms with Gasteiger partial charge in [0.25, 0.3) is 15.9 Å². The largest absolute Gasteiger partial charge is 0.493 e. The molecule has 0 saturated heterocycles. The smallest absolute Gasteiger partial charge is 0.264 e. The molecule has 7 nitrogen and oxygen atoms in total. The summed E-state index contributed by atoms with van der Waals surface area (Å²) in [4.78, 5) is 16.7. The van der Waals surface area contributed by atoms with Crippen LogP contribution in [-0.4, -0.2) is 30.5 Å². The molecule has 2 aromatic carbocycles. The highest BCUT2D eigenvalue weighted by Crippen LogP contribution is 2.29. The Labute approximate surface area is 227 Å². The van der Waals surface area contributed by atoms with E-state index in [1.54, 1.807) is 29.7 Å². The van der Waals surface area contributed by atoms with Crippen molar-refractivity contribution in [3.63, 3.8) is 0 Å². The summed E-state index contributed by atoms with van der Waals surface area (Å²) in [6.07, 6.45) is 7.50. The number of ether oxygens (including phenoxy) is 1. The van der Waals surface area contributed by atoms with Crippen LogP contribution in [0.4, 0.5) is 0 Å². The Morgan fingerprint density at radius 3 is 2.51 bits per heavy atom. The molecule has 3 aromatic rings. The normalized spacial score (nSPS) is 14.4. The van der Waals surface area contributed by atoms with E-state index in [-0.39, 0.29) is 10.0 Å². The van der Waals surface area contributed by atoms with Gasteiger partial charge in [-0.25, -0.2) is 18.1 Å². The number of aromatic nitrogens is 2. The van der Waals surface area contributed by atoms with Gasteiger partial charge in [0, 0.05) is 11.1 Å². The quantitative estimate of drug-likeness (QED) is 0.326. The SMILES string of the molecule is Cc1ccc(S(=O)(=O)NC(=O)/C=C/c2c(Cl)nc(C)n2Cc2ccc(OCC3CCCC3)cc2Cl)cc1. The van der Waals surface area contributed by atoms with Crippen LogP contribution in [0.3, 0.4) is 0 Å². The van der Waals surface area contributed by atoms with Gasteiger partial charge in [-0.05, 0) is 68.5 Å². The summed E-state index contributed by atoms with van der Waals surface area (Å²) in [5.41, 5.74) is 2.20. The number of benzene rings is 2. The van der Waals surface area contributed by atoms with Crippen LogP contribution in [0.1, 0.15) is 48.3 Å². The summed E-state index contributed by atoms with van der Waals surface area (Å²) in [5.74, 6) is 1.15. The van der Waals surface area contributed by atoms with Gasteiger partial charge in [0.2, 0.25) is 0 Å². The van der Waals surface area contributed by atoms with Gasteiger partial charge >= 0.3 is 0 Å². The van der Waals surface area contributed by atoms with Crippen LogP contribution >= 0.6 is 23.2 Å². The summed E-state index contributed by atoms with van der Waals surface area (Å²) in [6, 6.07) is 11.8. The number of amides is 1. The van der Waals surface area contributed by atoms with Crippen LogP contribution in [0.25, 0.3) is 6.08 Å².